The third-order valence-electron chi connectivity index (χ3n) is 14.1. The Balaban J connectivity index is 0.930. The molecular weight excluding hydrogens is 863 g/mol. The molecule has 4 nitrogen and oxygen atoms in total. The number of hydrogen-bond donors (Lipinski definition) is 0. The molecule has 0 atom stereocenters. The highest BCUT2D eigenvalue weighted by Crippen LogP contribution is 2.45. The normalized spacial score (nSPS) is 11.7. The largest absolute Gasteiger partial charge is 0.455 e. The minimum absolute atomic E-state index is 0.597. The molecule has 0 saturated heterocycles. The summed E-state index contributed by atoms with van der Waals surface area (Å²) in [6.07, 6.45) is 0. The molecule has 14 rings (SSSR count). The van der Waals surface area contributed by atoms with Crippen LogP contribution >= 0.6 is 0 Å². The Morgan fingerprint density at radius 1 is 0.239 bits per heavy atom. The van der Waals surface area contributed by atoms with Crippen molar-refractivity contribution in [2.75, 3.05) is 0 Å². The number of nitrogens with zero attached hydrogens (tertiary/aromatic N) is 3. The van der Waals surface area contributed by atoms with Crippen LogP contribution in [0.25, 0.3) is 144 Å². The second-order valence-electron chi connectivity index (χ2n) is 18.3. The lowest BCUT2D eigenvalue weighted by atomic mass is 9.90. The Kier molecular flexibility index (Phi) is 9.49. The molecule has 0 amide bonds. The lowest BCUT2D eigenvalue weighted by Crippen LogP contribution is -2.00. The van der Waals surface area contributed by atoms with Gasteiger partial charge in [0.2, 0.25) is 0 Å². The first-order valence-corrected chi connectivity index (χ1v) is 24.1. The molecule has 71 heavy (non-hydrogen) atoms. The van der Waals surface area contributed by atoms with Crippen LogP contribution in [-0.2, 0) is 0 Å². The van der Waals surface area contributed by atoms with E-state index in [1.807, 2.05) is 6.07 Å². The van der Waals surface area contributed by atoms with E-state index in [0.29, 0.717) is 17.5 Å². The highest BCUT2D eigenvalue weighted by atomic mass is 16.3. The maximum atomic E-state index is 6.88. The molecular formula is C67H41N3O. The first-order chi connectivity index (χ1) is 35.2. The van der Waals surface area contributed by atoms with Gasteiger partial charge in [0.1, 0.15) is 11.2 Å². The molecule has 0 fully saturated rings. The maximum Gasteiger partial charge on any atom is 0.164 e. The van der Waals surface area contributed by atoms with Crippen molar-refractivity contribution in [3.8, 4) is 78.7 Å². The molecule has 330 valence electrons. The second kappa shape index (κ2) is 16.6. The average Bonchev–Trinajstić information content (AvgIpc) is 3.84. The third kappa shape index (κ3) is 7.04. The zero-order valence-electron chi connectivity index (χ0n) is 38.4. The third-order valence-corrected chi connectivity index (χ3v) is 14.1. The zero-order valence-corrected chi connectivity index (χ0v) is 38.4. The molecule has 0 radical (unpaired) electrons. The van der Waals surface area contributed by atoms with E-state index in [-0.39, 0.29) is 0 Å². The van der Waals surface area contributed by atoms with E-state index in [1.54, 1.807) is 0 Å². The van der Waals surface area contributed by atoms with E-state index in [4.69, 9.17) is 19.4 Å². The summed E-state index contributed by atoms with van der Waals surface area (Å²) in [6.45, 7) is 0. The minimum Gasteiger partial charge on any atom is -0.455 e. The van der Waals surface area contributed by atoms with Gasteiger partial charge in [-0.2, -0.15) is 0 Å². The molecule has 12 aromatic carbocycles. The molecule has 0 N–H and O–H groups in total. The van der Waals surface area contributed by atoms with Crippen LogP contribution in [0.1, 0.15) is 0 Å². The highest BCUT2D eigenvalue weighted by molar-refractivity contribution is 6.19. The first kappa shape index (κ1) is 40.5. The van der Waals surface area contributed by atoms with Crippen molar-refractivity contribution in [2.24, 2.45) is 0 Å². The van der Waals surface area contributed by atoms with Crippen molar-refractivity contribution in [2.45, 2.75) is 0 Å². The van der Waals surface area contributed by atoms with Crippen LogP contribution in [0, 0.1) is 0 Å². The van der Waals surface area contributed by atoms with Crippen molar-refractivity contribution in [1.82, 2.24) is 15.0 Å². The van der Waals surface area contributed by atoms with Gasteiger partial charge in [-0.05, 0) is 112 Å². The Morgan fingerprint density at radius 2 is 0.676 bits per heavy atom. The van der Waals surface area contributed by atoms with Crippen LogP contribution in [-0.4, -0.2) is 15.0 Å². The van der Waals surface area contributed by atoms with Crippen molar-refractivity contribution >= 4 is 65.0 Å². The van der Waals surface area contributed by atoms with E-state index in [0.717, 1.165) is 88.0 Å². The van der Waals surface area contributed by atoms with Gasteiger partial charge in [-0.25, -0.2) is 15.0 Å². The number of fused-ring (bicyclic) bond motifs is 7. The number of rotatable bonds is 7. The van der Waals surface area contributed by atoms with Gasteiger partial charge in [0, 0.05) is 33.0 Å². The molecule has 0 bridgehead atoms. The number of para-hydroxylation sites is 1. The van der Waals surface area contributed by atoms with Gasteiger partial charge in [-0.1, -0.05) is 218 Å². The monoisotopic (exact) mass is 903 g/mol. The summed E-state index contributed by atoms with van der Waals surface area (Å²) < 4.78 is 6.88. The summed E-state index contributed by atoms with van der Waals surface area (Å²) in [6, 6.07) is 88.3. The fraction of sp³-hybridized carbons (Fsp3) is 0. The Labute approximate surface area is 409 Å². The Morgan fingerprint density at radius 3 is 1.32 bits per heavy atom. The van der Waals surface area contributed by atoms with Gasteiger partial charge >= 0.3 is 0 Å². The average molecular weight is 904 g/mol. The number of aromatic nitrogens is 3. The Bertz CT molecular complexity index is 4390. The molecule has 4 heteroatoms. The van der Waals surface area contributed by atoms with Crippen molar-refractivity contribution in [3.05, 3.63) is 249 Å². The number of hydrogen-bond acceptors (Lipinski definition) is 4. The Hall–Kier alpha value is -9.51. The summed E-state index contributed by atoms with van der Waals surface area (Å²) in [5.41, 5.74) is 13.4. The van der Waals surface area contributed by atoms with Crippen LogP contribution in [0.3, 0.4) is 0 Å². The summed E-state index contributed by atoms with van der Waals surface area (Å²) in [4.78, 5) is 15.8. The lowest BCUT2D eigenvalue weighted by molar-refractivity contribution is 0.670. The van der Waals surface area contributed by atoms with Crippen LogP contribution in [0.2, 0.25) is 0 Å². The standard InChI is InChI=1S/C67H41N3O/c1-2-16-49-39-51(36-27-42(49)13-1)66-68-65(48-34-32-46(33-35-48)56-25-12-19-44-15-4-7-21-54(44)56)69-67(70-66)52-40-50-17-5-8-22-57(50)61(41-52)59-38-37-58(64-63(59)60-23-9-10-26-62(60)71-64)47-30-28-45(29-31-47)55-24-11-18-43-14-3-6-20-53(43)55/h1-41H. The molecule has 14 aromatic rings. The predicted molar refractivity (Wildman–Crippen MR) is 295 cm³/mol. The number of benzene rings is 12. The van der Waals surface area contributed by atoms with Crippen LogP contribution < -0.4 is 0 Å². The summed E-state index contributed by atoms with van der Waals surface area (Å²) in [7, 11) is 0. The van der Waals surface area contributed by atoms with E-state index < -0.39 is 0 Å². The summed E-state index contributed by atoms with van der Waals surface area (Å²) in [5, 5.41) is 11.5. The SMILES string of the molecule is c1ccc2cc(-c3nc(-c4ccc(-c5cccc6ccccc56)cc4)nc(-c4cc(-c5ccc(-c6ccc(-c7cccc8ccccc78)cc6)c6oc7ccccc7c56)c5ccccc5c4)n3)ccc2c1. The van der Waals surface area contributed by atoms with E-state index >= 15 is 0 Å². The first-order valence-electron chi connectivity index (χ1n) is 24.1. The van der Waals surface area contributed by atoms with Crippen molar-refractivity contribution < 1.29 is 4.42 Å². The van der Waals surface area contributed by atoms with Gasteiger partial charge in [0.25, 0.3) is 0 Å². The van der Waals surface area contributed by atoms with Gasteiger partial charge in [-0.15, -0.1) is 0 Å². The van der Waals surface area contributed by atoms with Gasteiger partial charge in [0.05, 0.1) is 0 Å². The van der Waals surface area contributed by atoms with Crippen LogP contribution in [0.4, 0.5) is 0 Å². The smallest absolute Gasteiger partial charge is 0.164 e. The van der Waals surface area contributed by atoms with E-state index in [9.17, 15) is 0 Å². The van der Waals surface area contributed by atoms with E-state index in [1.165, 1.54) is 38.2 Å². The quantitative estimate of drug-likeness (QED) is 0.160. The van der Waals surface area contributed by atoms with E-state index in [2.05, 4.69) is 243 Å². The van der Waals surface area contributed by atoms with Gasteiger partial charge in [0.15, 0.2) is 17.5 Å². The van der Waals surface area contributed by atoms with Gasteiger partial charge < -0.3 is 4.42 Å². The molecule has 0 aliphatic heterocycles. The van der Waals surface area contributed by atoms with Crippen molar-refractivity contribution in [1.29, 1.82) is 0 Å². The summed E-state index contributed by atoms with van der Waals surface area (Å²) in [5.74, 6) is 1.82. The second-order valence-corrected chi connectivity index (χ2v) is 18.3. The lowest BCUT2D eigenvalue weighted by Gasteiger charge is -2.14. The summed E-state index contributed by atoms with van der Waals surface area (Å²) >= 11 is 0. The zero-order chi connectivity index (χ0) is 46.8. The molecule has 0 aliphatic carbocycles. The van der Waals surface area contributed by atoms with Crippen molar-refractivity contribution in [3.63, 3.8) is 0 Å². The fourth-order valence-corrected chi connectivity index (χ4v) is 10.6. The minimum atomic E-state index is 0.597. The molecule has 0 spiro atoms. The van der Waals surface area contributed by atoms with Crippen LogP contribution in [0.5, 0.6) is 0 Å². The molecule has 0 saturated carbocycles. The van der Waals surface area contributed by atoms with Crippen LogP contribution in [0.15, 0.2) is 253 Å². The maximum absolute atomic E-state index is 6.88. The van der Waals surface area contributed by atoms with Gasteiger partial charge in [-0.3, -0.25) is 0 Å². The number of furan rings is 1. The molecule has 0 aliphatic rings. The molecule has 2 aromatic heterocycles. The molecule has 2 heterocycles. The molecule has 0 unspecified atom stereocenters. The highest BCUT2D eigenvalue weighted by Gasteiger charge is 2.21. The topological polar surface area (TPSA) is 51.8 Å². The predicted octanol–water partition coefficient (Wildman–Crippen LogP) is 18.1. The fourth-order valence-electron chi connectivity index (χ4n) is 10.6.